The molecule has 142 valence electrons. The molecule has 2 aromatic rings. The fraction of sp³-hybridized carbons (Fsp3) is 0.381. The van der Waals surface area contributed by atoms with E-state index in [1.165, 1.54) is 0 Å². The van der Waals surface area contributed by atoms with Crippen LogP contribution in [0.2, 0.25) is 0 Å². The van der Waals surface area contributed by atoms with Crippen molar-refractivity contribution in [2.75, 3.05) is 18.5 Å². The molecule has 0 fully saturated rings. The van der Waals surface area contributed by atoms with Crippen LogP contribution in [0.15, 0.2) is 30.3 Å². The first kappa shape index (κ1) is 17.5. The molecule has 0 saturated heterocycles. The Hall–Kier alpha value is -2.89. The number of anilines is 1. The number of nitrogens with one attached hydrogen (secondary N) is 2. The summed E-state index contributed by atoms with van der Waals surface area (Å²) in [5.74, 6) is 2.48. The molecule has 6 heteroatoms. The number of hydrogen-bond donors (Lipinski definition) is 2. The first-order valence-electron chi connectivity index (χ1n) is 9.35. The number of fused-ring (bicyclic) bond motifs is 2. The molecule has 0 saturated carbocycles. The van der Waals surface area contributed by atoms with Crippen molar-refractivity contribution in [3.8, 4) is 17.2 Å². The van der Waals surface area contributed by atoms with Gasteiger partial charge in [0.25, 0.3) is 0 Å². The summed E-state index contributed by atoms with van der Waals surface area (Å²) in [5, 5.41) is 5.82. The highest BCUT2D eigenvalue weighted by Crippen LogP contribution is 2.40. The van der Waals surface area contributed by atoms with E-state index in [1.807, 2.05) is 38.1 Å². The number of carbonyl (C=O) groups excluding carboxylic acids is 1. The molecule has 0 aliphatic carbocycles. The highest BCUT2D eigenvalue weighted by atomic mass is 16.5. The third kappa shape index (κ3) is 3.65. The quantitative estimate of drug-likeness (QED) is 0.845. The van der Waals surface area contributed by atoms with Crippen molar-refractivity contribution in [2.45, 2.75) is 39.3 Å². The van der Waals surface area contributed by atoms with Crippen LogP contribution in [0.5, 0.6) is 17.2 Å². The lowest BCUT2D eigenvalue weighted by atomic mass is 9.99. The van der Waals surface area contributed by atoms with E-state index in [4.69, 9.17) is 14.2 Å². The SMILES string of the molecule is CC(C)Oc1ccccc1NC(=O)NCc1c2c(cc3c1OCC3)OCC2. The second-order valence-electron chi connectivity index (χ2n) is 6.99. The zero-order valence-electron chi connectivity index (χ0n) is 15.6. The van der Waals surface area contributed by atoms with Crippen molar-refractivity contribution >= 4 is 11.7 Å². The minimum Gasteiger partial charge on any atom is -0.493 e. The minimum atomic E-state index is -0.280. The fourth-order valence-electron chi connectivity index (χ4n) is 3.53. The van der Waals surface area contributed by atoms with Crippen LogP contribution in [-0.4, -0.2) is 25.3 Å². The van der Waals surface area contributed by atoms with Crippen LogP contribution in [0.1, 0.15) is 30.5 Å². The van der Waals surface area contributed by atoms with Gasteiger partial charge in [0.15, 0.2) is 0 Å². The monoisotopic (exact) mass is 368 g/mol. The van der Waals surface area contributed by atoms with Crippen LogP contribution < -0.4 is 24.8 Å². The van der Waals surface area contributed by atoms with Gasteiger partial charge in [0.2, 0.25) is 0 Å². The van der Waals surface area contributed by atoms with Crippen molar-refractivity contribution in [1.82, 2.24) is 5.32 Å². The maximum atomic E-state index is 12.5. The molecule has 0 aromatic heterocycles. The van der Waals surface area contributed by atoms with Crippen LogP contribution in [0.3, 0.4) is 0 Å². The van der Waals surface area contributed by atoms with Crippen molar-refractivity contribution in [2.24, 2.45) is 0 Å². The van der Waals surface area contributed by atoms with Gasteiger partial charge in [-0.1, -0.05) is 12.1 Å². The predicted octanol–water partition coefficient (Wildman–Crippen LogP) is 3.67. The summed E-state index contributed by atoms with van der Waals surface area (Å²) in [7, 11) is 0. The van der Waals surface area contributed by atoms with Crippen LogP contribution >= 0.6 is 0 Å². The van der Waals surface area contributed by atoms with Crippen molar-refractivity contribution in [3.05, 3.63) is 47.0 Å². The molecule has 2 aromatic carbocycles. The molecule has 4 rings (SSSR count). The largest absolute Gasteiger partial charge is 0.493 e. The van der Waals surface area contributed by atoms with E-state index in [1.54, 1.807) is 0 Å². The molecule has 2 heterocycles. The third-order valence-corrected chi connectivity index (χ3v) is 4.68. The van der Waals surface area contributed by atoms with E-state index in [0.717, 1.165) is 41.0 Å². The van der Waals surface area contributed by atoms with Gasteiger partial charge in [-0.2, -0.15) is 0 Å². The summed E-state index contributed by atoms with van der Waals surface area (Å²) in [5.41, 5.74) is 3.97. The number of urea groups is 1. The summed E-state index contributed by atoms with van der Waals surface area (Å²) in [4.78, 5) is 12.5. The van der Waals surface area contributed by atoms with Crippen LogP contribution in [-0.2, 0) is 19.4 Å². The molecule has 6 nitrogen and oxygen atoms in total. The third-order valence-electron chi connectivity index (χ3n) is 4.68. The average molecular weight is 368 g/mol. The Bertz CT molecular complexity index is 831. The number of rotatable bonds is 5. The molecular weight excluding hydrogens is 344 g/mol. The van der Waals surface area contributed by atoms with E-state index < -0.39 is 0 Å². The van der Waals surface area contributed by atoms with Gasteiger partial charge in [-0.05, 0) is 32.0 Å². The van der Waals surface area contributed by atoms with Gasteiger partial charge in [-0.3, -0.25) is 0 Å². The molecule has 27 heavy (non-hydrogen) atoms. The minimum absolute atomic E-state index is 0.0302. The Labute approximate surface area is 158 Å². The van der Waals surface area contributed by atoms with Crippen LogP contribution in [0.4, 0.5) is 10.5 Å². The molecule has 2 aliphatic heterocycles. The summed E-state index contributed by atoms with van der Waals surface area (Å²) in [6.07, 6.45) is 1.75. The molecule has 2 aliphatic rings. The Morgan fingerprint density at radius 1 is 1.19 bits per heavy atom. The number of ether oxygens (including phenoxy) is 3. The van der Waals surface area contributed by atoms with Gasteiger partial charge in [-0.25, -0.2) is 4.79 Å². The molecule has 0 atom stereocenters. The number of hydrogen-bond acceptors (Lipinski definition) is 4. The van der Waals surface area contributed by atoms with E-state index >= 15 is 0 Å². The van der Waals surface area contributed by atoms with E-state index in [-0.39, 0.29) is 12.1 Å². The summed E-state index contributed by atoms with van der Waals surface area (Å²) >= 11 is 0. The first-order chi connectivity index (χ1) is 13.1. The van der Waals surface area contributed by atoms with Gasteiger partial charge in [0.05, 0.1) is 25.0 Å². The number of benzene rings is 2. The second-order valence-corrected chi connectivity index (χ2v) is 6.99. The normalized spacial score (nSPS) is 14.2. The van der Waals surface area contributed by atoms with Gasteiger partial charge in [0, 0.05) is 36.1 Å². The van der Waals surface area contributed by atoms with Gasteiger partial charge >= 0.3 is 6.03 Å². The maximum Gasteiger partial charge on any atom is 0.319 e. The Balaban J connectivity index is 1.47. The fourth-order valence-corrected chi connectivity index (χ4v) is 3.53. The van der Waals surface area contributed by atoms with E-state index in [0.29, 0.717) is 31.2 Å². The predicted molar refractivity (Wildman–Crippen MR) is 103 cm³/mol. The highest BCUT2D eigenvalue weighted by Gasteiger charge is 2.26. The van der Waals surface area contributed by atoms with Gasteiger partial charge in [0.1, 0.15) is 17.2 Å². The van der Waals surface area contributed by atoms with E-state index in [9.17, 15) is 4.79 Å². The number of amides is 2. The Morgan fingerprint density at radius 3 is 2.85 bits per heavy atom. The Kier molecular flexibility index (Phi) is 4.79. The Morgan fingerprint density at radius 2 is 2.00 bits per heavy atom. The lowest BCUT2D eigenvalue weighted by Gasteiger charge is -2.16. The molecule has 2 N–H and O–H groups in total. The summed E-state index contributed by atoms with van der Waals surface area (Å²) in [6, 6.07) is 9.22. The smallest absolute Gasteiger partial charge is 0.319 e. The van der Waals surface area contributed by atoms with Crippen LogP contribution in [0.25, 0.3) is 0 Å². The lowest BCUT2D eigenvalue weighted by molar-refractivity contribution is 0.241. The molecule has 0 spiro atoms. The lowest BCUT2D eigenvalue weighted by Crippen LogP contribution is -2.29. The number of para-hydroxylation sites is 2. The van der Waals surface area contributed by atoms with Gasteiger partial charge < -0.3 is 24.8 Å². The molecule has 0 bridgehead atoms. The zero-order valence-corrected chi connectivity index (χ0v) is 15.6. The summed E-state index contributed by atoms with van der Waals surface area (Å²) < 4.78 is 17.3. The van der Waals surface area contributed by atoms with Crippen LogP contribution in [0, 0.1) is 0 Å². The second kappa shape index (κ2) is 7.39. The van der Waals surface area contributed by atoms with Crippen molar-refractivity contribution in [3.63, 3.8) is 0 Å². The first-order valence-corrected chi connectivity index (χ1v) is 9.35. The van der Waals surface area contributed by atoms with Crippen molar-refractivity contribution < 1.29 is 19.0 Å². The summed E-state index contributed by atoms with van der Waals surface area (Å²) in [6.45, 7) is 5.66. The maximum absolute atomic E-state index is 12.5. The van der Waals surface area contributed by atoms with Gasteiger partial charge in [-0.15, -0.1) is 0 Å². The topological polar surface area (TPSA) is 68.8 Å². The zero-order chi connectivity index (χ0) is 18.8. The molecular formula is C21H24N2O4. The molecule has 2 amide bonds. The average Bonchev–Trinajstić information content (AvgIpc) is 3.28. The molecule has 0 unspecified atom stereocenters. The number of carbonyl (C=O) groups is 1. The highest BCUT2D eigenvalue weighted by molar-refractivity contribution is 5.91. The molecule has 0 radical (unpaired) electrons. The van der Waals surface area contributed by atoms with Crippen molar-refractivity contribution in [1.29, 1.82) is 0 Å². The standard InChI is InChI=1S/C21H24N2O4/c1-13(2)27-18-6-4-3-5-17(18)23-21(24)22-12-16-15-8-10-25-19(15)11-14-7-9-26-20(14)16/h3-6,11,13H,7-10,12H2,1-2H3,(H2,22,23,24). The van der Waals surface area contributed by atoms with E-state index in [2.05, 4.69) is 16.7 Å².